The van der Waals surface area contributed by atoms with Gasteiger partial charge in [0, 0.05) is 43.7 Å². The Bertz CT molecular complexity index is 1660. The lowest BCUT2D eigenvalue weighted by Gasteiger charge is -2.32. The number of para-hydroxylation sites is 1. The molecular weight excluding hydrogens is 492 g/mol. The van der Waals surface area contributed by atoms with Crippen molar-refractivity contribution in [1.29, 1.82) is 0 Å². The molecule has 1 N–H and O–H groups in total. The van der Waals surface area contributed by atoms with Gasteiger partial charge in [0.25, 0.3) is 11.8 Å². The molecule has 3 amide bonds. The summed E-state index contributed by atoms with van der Waals surface area (Å²) in [6.07, 6.45) is 11.6. The Balaban J connectivity index is 1.34. The van der Waals surface area contributed by atoms with E-state index in [2.05, 4.69) is 17.2 Å². The molecule has 4 aliphatic rings. The molecule has 0 radical (unpaired) electrons. The number of rotatable bonds is 4. The maximum Gasteiger partial charge on any atom is 0.261 e. The van der Waals surface area contributed by atoms with Crippen molar-refractivity contribution in [3.05, 3.63) is 83.1 Å². The Hall–Kier alpha value is -4.53. The second kappa shape index (κ2) is 9.04. The van der Waals surface area contributed by atoms with Crippen LogP contribution in [0.5, 0.6) is 0 Å². The van der Waals surface area contributed by atoms with Crippen molar-refractivity contribution in [3.63, 3.8) is 0 Å². The van der Waals surface area contributed by atoms with Crippen molar-refractivity contribution in [2.75, 3.05) is 18.0 Å². The fourth-order valence-electron chi connectivity index (χ4n) is 6.23. The van der Waals surface area contributed by atoms with Crippen molar-refractivity contribution in [1.82, 2.24) is 19.6 Å². The highest BCUT2D eigenvalue weighted by Gasteiger charge is 2.42. The predicted octanol–water partition coefficient (Wildman–Crippen LogP) is 3.02. The van der Waals surface area contributed by atoms with Crippen LogP contribution in [0.4, 0.5) is 5.69 Å². The SMILES string of the molecule is CCc1ccn2c(C3=C(C4=NC=CN5c6c(cccc64)CC5C(=O)N4CCCCC4)C(=O)NC3=O)cnc2c1. The van der Waals surface area contributed by atoms with Crippen molar-refractivity contribution < 1.29 is 14.4 Å². The number of fused-ring (bicyclic) bond motifs is 1. The highest BCUT2D eigenvalue weighted by molar-refractivity contribution is 6.47. The third-order valence-corrected chi connectivity index (χ3v) is 8.18. The first-order chi connectivity index (χ1) is 19.0. The minimum absolute atomic E-state index is 0.121. The van der Waals surface area contributed by atoms with Crippen molar-refractivity contribution in [2.45, 2.75) is 45.1 Å². The van der Waals surface area contributed by atoms with E-state index in [9.17, 15) is 14.4 Å². The number of hydrogen-bond donors (Lipinski definition) is 1. The van der Waals surface area contributed by atoms with Crippen LogP contribution in [0.1, 0.15) is 48.6 Å². The lowest BCUT2D eigenvalue weighted by Crippen LogP contribution is -2.47. The lowest BCUT2D eigenvalue weighted by molar-refractivity contribution is -0.133. The Morgan fingerprint density at radius 1 is 1.08 bits per heavy atom. The van der Waals surface area contributed by atoms with Gasteiger partial charge in [-0.15, -0.1) is 0 Å². The Labute approximate surface area is 225 Å². The molecule has 196 valence electrons. The number of nitrogens with zero attached hydrogens (tertiary/aromatic N) is 5. The molecule has 1 fully saturated rings. The van der Waals surface area contributed by atoms with E-state index in [0.29, 0.717) is 23.5 Å². The third-order valence-electron chi connectivity index (χ3n) is 8.18. The second-order valence-electron chi connectivity index (χ2n) is 10.4. The van der Waals surface area contributed by atoms with E-state index >= 15 is 0 Å². The number of aromatic nitrogens is 2. The van der Waals surface area contributed by atoms with Gasteiger partial charge in [-0.1, -0.05) is 25.1 Å². The van der Waals surface area contributed by atoms with Crippen LogP contribution in [0.2, 0.25) is 0 Å². The largest absolute Gasteiger partial charge is 0.341 e. The third kappa shape index (κ3) is 3.64. The van der Waals surface area contributed by atoms with Gasteiger partial charge in [-0.25, -0.2) is 4.98 Å². The van der Waals surface area contributed by atoms with Gasteiger partial charge >= 0.3 is 0 Å². The van der Waals surface area contributed by atoms with Crippen LogP contribution < -0.4 is 10.2 Å². The minimum atomic E-state index is -0.493. The normalized spacial score (nSPS) is 20.4. The highest BCUT2D eigenvalue weighted by atomic mass is 16.2. The van der Waals surface area contributed by atoms with Gasteiger partial charge in [0.2, 0.25) is 5.91 Å². The zero-order valence-electron chi connectivity index (χ0n) is 21.7. The number of likely N-dealkylation sites (tertiary alicyclic amines) is 1. The fourth-order valence-corrected chi connectivity index (χ4v) is 6.23. The van der Waals surface area contributed by atoms with E-state index in [1.807, 2.05) is 56.9 Å². The van der Waals surface area contributed by atoms with Crippen LogP contribution in [0.25, 0.3) is 11.2 Å². The van der Waals surface area contributed by atoms with Crippen molar-refractivity contribution >= 4 is 40.3 Å². The lowest BCUT2D eigenvalue weighted by atomic mass is 9.94. The summed E-state index contributed by atoms with van der Waals surface area (Å²) in [6, 6.07) is 9.47. The van der Waals surface area contributed by atoms with Crippen molar-refractivity contribution in [3.8, 4) is 0 Å². The molecule has 7 rings (SSSR count). The van der Waals surface area contributed by atoms with E-state index in [0.717, 1.165) is 61.2 Å². The number of amides is 3. The van der Waals surface area contributed by atoms with E-state index in [-0.39, 0.29) is 23.1 Å². The Morgan fingerprint density at radius 3 is 2.72 bits per heavy atom. The maximum atomic E-state index is 13.6. The zero-order chi connectivity index (χ0) is 26.7. The fraction of sp³-hybridized carbons (Fsp3) is 0.300. The van der Waals surface area contributed by atoms with E-state index in [1.54, 1.807) is 12.4 Å². The molecule has 0 bridgehead atoms. The maximum absolute atomic E-state index is 13.6. The number of pyridine rings is 1. The van der Waals surface area contributed by atoms with Crippen LogP contribution in [0, 0.1) is 0 Å². The molecule has 9 nitrogen and oxygen atoms in total. The molecule has 1 aromatic carbocycles. The Kier molecular flexibility index (Phi) is 5.47. The monoisotopic (exact) mass is 520 g/mol. The number of imidazole rings is 1. The topological polar surface area (TPSA) is 99.4 Å². The van der Waals surface area contributed by atoms with E-state index in [1.165, 1.54) is 0 Å². The number of aliphatic imine (C=N–C) groups is 1. The van der Waals surface area contributed by atoms with E-state index in [4.69, 9.17) is 4.99 Å². The first kappa shape index (κ1) is 23.6. The van der Waals surface area contributed by atoms with Crippen LogP contribution in [-0.2, 0) is 27.2 Å². The summed E-state index contributed by atoms with van der Waals surface area (Å²) in [5, 5.41) is 2.48. The number of aryl methyl sites for hydroxylation is 1. The average molecular weight is 521 g/mol. The molecule has 0 spiro atoms. The molecule has 0 saturated carbocycles. The molecule has 0 aliphatic carbocycles. The Morgan fingerprint density at radius 2 is 1.90 bits per heavy atom. The summed E-state index contributed by atoms with van der Waals surface area (Å²) < 4.78 is 1.83. The molecule has 2 aromatic heterocycles. The summed E-state index contributed by atoms with van der Waals surface area (Å²) >= 11 is 0. The van der Waals surface area contributed by atoms with Gasteiger partial charge in [0.1, 0.15) is 11.7 Å². The zero-order valence-corrected chi connectivity index (χ0v) is 21.7. The van der Waals surface area contributed by atoms with Crippen LogP contribution in [0.15, 0.2) is 65.7 Å². The van der Waals surface area contributed by atoms with Gasteiger partial charge in [0.15, 0.2) is 0 Å². The minimum Gasteiger partial charge on any atom is -0.341 e. The molecule has 39 heavy (non-hydrogen) atoms. The predicted molar refractivity (Wildman–Crippen MR) is 147 cm³/mol. The molecule has 1 atom stereocenters. The number of nitrogens with one attached hydrogen (secondary N) is 1. The van der Waals surface area contributed by atoms with Crippen molar-refractivity contribution in [2.24, 2.45) is 4.99 Å². The second-order valence-corrected chi connectivity index (χ2v) is 10.4. The summed E-state index contributed by atoms with van der Waals surface area (Å²) in [5.74, 6) is -0.849. The smallest absolute Gasteiger partial charge is 0.261 e. The number of anilines is 1. The highest BCUT2D eigenvalue weighted by Crippen LogP contribution is 2.40. The van der Waals surface area contributed by atoms with E-state index < -0.39 is 11.8 Å². The molecule has 6 heterocycles. The number of imide groups is 1. The summed E-state index contributed by atoms with van der Waals surface area (Å²) in [5.41, 5.74) is 5.86. The van der Waals surface area contributed by atoms with Gasteiger partial charge in [-0.2, -0.15) is 0 Å². The first-order valence-electron chi connectivity index (χ1n) is 13.6. The summed E-state index contributed by atoms with van der Waals surface area (Å²) in [7, 11) is 0. The van der Waals surface area contributed by atoms with Crippen LogP contribution in [0.3, 0.4) is 0 Å². The number of piperidine rings is 1. The van der Waals surface area contributed by atoms with Gasteiger partial charge in [-0.3, -0.25) is 29.1 Å². The number of benzene rings is 1. The quantitative estimate of drug-likeness (QED) is 0.534. The molecule has 4 aliphatic heterocycles. The van der Waals surface area contributed by atoms with Crippen LogP contribution >= 0.6 is 0 Å². The van der Waals surface area contributed by atoms with Gasteiger partial charge in [0.05, 0.1) is 34.4 Å². The number of carbonyl (C=O) groups excluding carboxylic acids is 3. The number of carbonyl (C=O) groups is 3. The van der Waals surface area contributed by atoms with Crippen LogP contribution in [-0.4, -0.2) is 56.8 Å². The summed E-state index contributed by atoms with van der Waals surface area (Å²) in [4.78, 5) is 53.3. The molecule has 9 heteroatoms. The number of hydrogen-bond acceptors (Lipinski definition) is 6. The standard InChI is InChI=1S/C30H28N6O3/c1-2-18-9-13-35-22(17-32-23(35)15-18)24-25(29(38)33-28(24)37)26-20-8-6-7-19-16-21(36(27(19)20)14-10-31-26)30(39)34-11-4-3-5-12-34/h6-10,13-15,17,21H,2-5,11-12,16H2,1H3,(H,33,37,38). The molecule has 1 saturated heterocycles. The molecule has 1 unspecified atom stereocenters. The van der Waals surface area contributed by atoms with Gasteiger partial charge < -0.3 is 9.80 Å². The average Bonchev–Trinajstić information content (AvgIpc) is 3.58. The van der Waals surface area contributed by atoms with Gasteiger partial charge in [-0.05, 0) is 48.9 Å². The molecular formula is C30H28N6O3. The first-order valence-corrected chi connectivity index (χ1v) is 13.6. The molecule has 3 aromatic rings. The summed E-state index contributed by atoms with van der Waals surface area (Å²) in [6.45, 7) is 3.65.